The number of aliphatic carboxylic acids is 1. The van der Waals surface area contributed by atoms with Gasteiger partial charge in [-0.2, -0.15) is 0 Å². The molecule has 3 atom stereocenters. The zero-order valence-electron chi connectivity index (χ0n) is 14.6. The van der Waals surface area contributed by atoms with Gasteiger partial charge >= 0.3 is 35.5 Å². The van der Waals surface area contributed by atoms with E-state index in [1.807, 2.05) is 30.3 Å². The molecular weight excluding hydrogens is 357 g/mol. The average molecular weight is 383 g/mol. The number of carbonyl (C=O) groups excluding carboxylic acids is 2. The van der Waals surface area contributed by atoms with Gasteiger partial charge in [0, 0.05) is 12.5 Å². The number of amides is 2. The number of rotatable bonds is 7. The van der Waals surface area contributed by atoms with Gasteiger partial charge in [-0.25, -0.2) is 0 Å². The number of carbonyl (C=O) groups is 3. The van der Waals surface area contributed by atoms with Crippen LogP contribution in [0.3, 0.4) is 0 Å². The Kier molecular flexibility index (Phi) is 8.28. The van der Waals surface area contributed by atoms with Gasteiger partial charge in [0.25, 0.3) is 0 Å². The summed E-state index contributed by atoms with van der Waals surface area (Å²) in [6.07, 6.45) is 5.70. The van der Waals surface area contributed by atoms with E-state index < -0.39 is 30.0 Å². The Morgan fingerprint density at radius 1 is 1.07 bits per heavy atom. The van der Waals surface area contributed by atoms with Gasteiger partial charge in [-0.3, -0.25) is 19.7 Å². The number of hydrogen-bond acceptors (Lipinski definition) is 4. The molecule has 4 N–H and O–H groups in total. The molecule has 27 heavy (non-hydrogen) atoms. The Balaban J connectivity index is 0.00000261. The fourth-order valence-corrected chi connectivity index (χ4v) is 3.45. The van der Waals surface area contributed by atoms with Crippen LogP contribution < -0.4 is 16.0 Å². The predicted octanol–water partition coefficient (Wildman–Crippen LogP) is -0.0607. The molecule has 8 heteroatoms. The van der Waals surface area contributed by atoms with Crippen molar-refractivity contribution in [2.45, 2.75) is 62.7 Å². The topological polar surface area (TPSA) is 117 Å². The van der Waals surface area contributed by atoms with E-state index in [0.717, 1.165) is 31.2 Å². The van der Waals surface area contributed by atoms with Crippen LogP contribution in [-0.2, 0) is 20.8 Å². The minimum absolute atomic E-state index is 0. The van der Waals surface area contributed by atoms with Gasteiger partial charge in [-0.1, -0.05) is 49.6 Å². The first-order chi connectivity index (χ1) is 12.5. The Labute approximate surface area is 181 Å². The van der Waals surface area contributed by atoms with E-state index >= 15 is 0 Å². The van der Waals surface area contributed by atoms with Crippen molar-refractivity contribution in [3.05, 3.63) is 35.9 Å². The summed E-state index contributed by atoms with van der Waals surface area (Å²) in [6.45, 7) is 0. The van der Waals surface area contributed by atoms with E-state index in [1.165, 1.54) is 6.42 Å². The third-order valence-corrected chi connectivity index (χ3v) is 5.00. The molecule has 7 nitrogen and oxygen atoms in total. The molecule has 0 bridgehead atoms. The molecule has 1 saturated carbocycles. The summed E-state index contributed by atoms with van der Waals surface area (Å²) in [7, 11) is 0. The first-order valence-electron chi connectivity index (χ1n) is 9.18. The molecule has 3 rings (SSSR count). The van der Waals surface area contributed by atoms with Gasteiger partial charge in [0.2, 0.25) is 11.8 Å². The van der Waals surface area contributed by atoms with Crippen LogP contribution in [0.15, 0.2) is 30.3 Å². The van der Waals surface area contributed by atoms with E-state index in [-0.39, 0.29) is 41.5 Å². The minimum atomic E-state index is -1.06. The van der Waals surface area contributed by atoms with Crippen LogP contribution in [0.25, 0.3) is 0 Å². The standard InChI is InChI=1S/C19H25N3O4.Na.H/c23-17(20-13-9-5-2-6-10-13)14(11-12-7-3-1-4-8-12)21-18(24)15-16(22-15)19(25)26;;/h1,3-4,7-8,13-16,22H,2,5-6,9-11H2,(H,20,23)(H,21,24)(H,25,26);;/t14-,15-,16-;;/m0../s1. The molecule has 0 unspecified atom stereocenters. The second-order valence-corrected chi connectivity index (χ2v) is 7.05. The summed E-state index contributed by atoms with van der Waals surface area (Å²) in [5.41, 5.74) is 0.940. The first-order valence-corrected chi connectivity index (χ1v) is 9.18. The zero-order valence-corrected chi connectivity index (χ0v) is 14.6. The van der Waals surface area contributed by atoms with Crippen molar-refractivity contribution in [1.29, 1.82) is 0 Å². The molecule has 2 amide bonds. The normalized spacial score (nSPS) is 22.8. The number of carboxylic acid groups (broad SMARTS) is 1. The van der Waals surface area contributed by atoms with Gasteiger partial charge < -0.3 is 15.7 Å². The molecule has 0 aromatic heterocycles. The Morgan fingerprint density at radius 2 is 1.74 bits per heavy atom. The third-order valence-electron chi connectivity index (χ3n) is 5.00. The van der Waals surface area contributed by atoms with E-state index in [4.69, 9.17) is 5.11 Å². The van der Waals surface area contributed by atoms with Crippen molar-refractivity contribution < 1.29 is 19.5 Å². The second-order valence-electron chi connectivity index (χ2n) is 7.05. The molecule has 1 aromatic carbocycles. The summed E-state index contributed by atoms with van der Waals surface area (Å²) in [4.78, 5) is 36.0. The van der Waals surface area contributed by atoms with E-state index in [0.29, 0.717) is 6.42 Å². The van der Waals surface area contributed by atoms with Crippen LogP contribution in [0.5, 0.6) is 0 Å². The van der Waals surface area contributed by atoms with E-state index in [2.05, 4.69) is 16.0 Å². The summed E-state index contributed by atoms with van der Waals surface area (Å²) >= 11 is 0. The molecule has 1 aliphatic heterocycles. The molecule has 2 aliphatic rings. The Hall–Kier alpha value is -1.41. The summed E-state index contributed by atoms with van der Waals surface area (Å²) in [5, 5.41) is 17.3. The van der Waals surface area contributed by atoms with Crippen molar-refractivity contribution in [3.63, 3.8) is 0 Å². The van der Waals surface area contributed by atoms with Crippen LogP contribution in [0, 0.1) is 0 Å². The first kappa shape index (κ1) is 21.9. The summed E-state index contributed by atoms with van der Waals surface area (Å²) < 4.78 is 0. The zero-order chi connectivity index (χ0) is 18.5. The van der Waals surface area contributed by atoms with Crippen molar-refractivity contribution in [3.8, 4) is 0 Å². The van der Waals surface area contributed by atoms with Crippen LogP contribution in [0.2, 0.25) is 0 Å². The molecule has 1 aromatic rings. The van der Waals surface area contributed by atoms with E-state index in [9.17, 15) is 14.4 Å². The maximum atomic E-state index is 12.7. The van der Waals surface area contributed by atoms with Crippen molar-refractivity contribution >= 4 is 47.3 Å². The van der Waals surface area contributed by atoms with Gasteiger partial charge in [-0.15, -0.1) is 0 Å². The van der Waals surface area contributed by atoms with Crippen LogP contribution >= 0.6 is 0 Å². The monoisotopic (exact) mass is 383 g/mol. The molecule has 0 radical (unpaired) electrons. The van der Waals surface area contributed by atoms with Crippen LogP contribution in [-0.4, -0.2) is 76.6 Å². The fraction of sp³-hybridized carbons (Fsp3) is 0.526. The Bertz CT molecular complexity index is 664. The van der Waals surface area contributed by atoms with Crippen molar-refractivity contribution in [2.24, 2.45) is 0 Å². The van der Waals surface area contributed by atoms with Gasteiger partial charge in [0.1, 0.15) is 18.1 Å². The number of nitrogens with one attached hydrogen (secondary N) is 3. The molecular formula is C19H26N3NaO4. The number of hydrogen-bond donors (Lipinski definition) is 4. The van der Waals surface area contributed by atoms with Crippen molar-refractivity contribution in [1.82, 2.24) is 16.0 Å². The summed E-state index contributed by atoms with van der Waals surface area (Å²) in [6, 6.07) is 7.27. The number of benzene rings is 1. The third kappa shape index (κ3) is 6.31. The van der Waals surface area contributed by atoms with Crippen molar-refractivity contribution in [2.75, 3.05) is 0 Å². The fourth-order valence-electron chi connectivity index (χ4n) is 3.45. The Morgan fingerprint density at radius 3 is 2.33 bits per heavy atom. The van der Waals surface area contributed by atoms with Crippen LogP contribution in [0.4, 0.5) is 0 Å². The summed E-state index contributed by atoms with van der Waals surface area (Å²) in [5.74, 6) is -1.71. The maximum absolute atomic E-state index is 12.7. The average Bonchev–Trinajstić information content (AvgIpc) is 3.44. The molecule has 142 valence electrons. The van der Waals surface area contributed by atoms with Gasteiger partial charge in [-0.05, 0) is 18.4 Å². The second kappa shape index (κ2) is 10.2. The quantitative estimate of drug-likeness (QED) is 0.389. The SMILES string of the molecule is O=C(NC1CCCCC1)[C@H](Cc1ccccc1)NC(=O)[C@H]1N[C@@H]1C(=O)O.[NaH]. The van der Waals surface area contributed by atoms with Gasteiger partial charge in [0.05, 0.1) is 0 Å². The molecule has 1 heterocycles. The number of carboxylic acids is 1. The van der Waals surface area contributed by atoms with E-state index in [1.54, 1.807) is 0 Å². The molecule has 2 fully saturated rings. The molecule has 1 aliphatic carbocycles. The predicted molar refractivity (Wildman–Crippen MR) is 103 cm³/mol. The molecule has 0 spiro atoms. The van der Waals surface area contributed by atoms with Crippen LogP contribution in [0.1, 0.15) is 37.7 Å². The molecule has 1 saturated heterocycles. The van der Waals surface area contributed by atoms with Gasteiger partial charge in [0.15, 0.2) is 0 Å².